The first-order valence-electron chi connectivity index (χ1n) is 5.44. The van der Waals surface area contributed by atoms with Gasteiger partial charge in [0, 0.05) is 17.7 Å². The molecule has 0 atom stereocenters. The number of hydrogen-bond donors (Lipinski definition) is 1. The molecule has 0 aromatic carbocycles. The van der Waals surface area contributed by atoms with Gasteiger partial charge in [0.25, 0.3) is 0 Å². The van der Waals surface area contributed by atoms with Crippen molar-refractivity contribution in [2.75, 3.05) is 6.54 Å². The van der Waals surface area contributed by atoms with Crippen molar-refractivity contribution in [3.05, 3.63) is 35.6 Å². The van der Waals surface area contributed by atoms with E-state index in [1.807, 2.05) is 0 Å². The minimum absolute atomic E-state index is 0.178. The van der Waals surface area contributed by atoms with Crippen LogP contribution in [-0.2, 0) is 0 Å². The van der Waals surface area contributed by atoms with E-state index >= 15 is 0 Å². The van der Waals surface area contributed by atoms with Gasteiger partial charge in [-0.15, -0.1) is 0 Å². The van der Waals surface area contributed by atoms with E-state index in [9.17, 15) is 0 Å². The number of likely N-dealkylation sites (N-methyl/N-ethyl adjacent to an activating group) is 1. The standard InChI is InChI=1S/C13H21N/c1-5-11-7-9-13(3,4)10-8-12(11)14-6-2/h7-10,14H,5-6H2,1-4H3. The molecular formula is C13H21N. The van der Waals surface area contributed by atoms with Gasteiger partial charge in [0.1, 0.15) is 0 Å². The second-order valence-electron chi connectivity index (χ2n) is 4.31. The highest BCUT2D eigenvalue weighted by molar-refractivity contribution is 5.37. The Morgan fingerprint density at radius 2 is 1.79 bits per heavy atom. The van der Waals surface area contributed by atoms with Crippen LogP contribution in [0, 0.1) is 5.41 Å². The Labute approximate surface area is 87.6 Å². The fraction of sp³-hybridized carbons (Fsp3) is 0.538. The van der Waals surface area contributed by atoms with Crippen molar-refractivity contribution in [3.63, 3.8) is 0 Å². The molecule has 0 aliphatic heterocycles. The summed E-state index contributed by atoms with van der Waals surface area (Å²) >= 11 is 0. The summed E-state index contributed by atoms with van der Waals surface area (Å²) in [5, 5.41) is 3.40. The monoisotopic (exact) mass is 191 g/mol. The van der Waals surface area contributed by atoms with Gasteiger partial charge < -0.3 is 5.32 Å². The zero-order valence-corrected chi connectivity index (χ0v) is 9.72. The summed E-state index contributed by atoms with van der Waals surface area (Å²) in [5.41, 5.74) is 2.85. The first kappa shape index (κ1) is 11.1. The summed E-state index contributed by atoms with van der Waals surface area (Å²) in [6.45, 7) is 9.76. The highest BCUT2D eigenvalue weighted by Gasteiger charge is 2.12. The van der Waals surface area contributed by atoms with Gasteiger partial charge in [0.05, 0.1) is 0 Å². The van der Waals surface area contributed by atoms with E-state index in [1.165, 1.54) is 11.3 Å². The summed E-state index contributed by atoms with van der Waals surface area (Å²) < 4.78 is 0. The molecule has 0 amide bonds. The molecule has 0 saturated carbocycles. The van der Waals surface area contributed by atoms with Crippen molar-refractivity contribution in [1.82, 2.24) is 5.32 Å². The third kappa shape index (κ3) is 2.76. The SMILES string of the molecule is CCNC1=C(CC)C=CC(C)(C)C=C1. The molecule has 1 aliphatic carbocycles. The molecule has 0 heterocycles. The van der Waals surface area contributed by atoms with Gasteiger partial charge in [-0.2, -0.15) is 0 Å². The topological polar surface area (TPSA) is 12.0 Å². The first-order valence-corrected chi connectivity index (χ1v) is 5.44. The van der Waals surface area contributed by atoms with Crippen molar-refractivity contribution in [2.24, 2.45) is 5.41 Å². The number of allylic oxidation sites excluding steroid dienone is 5. The molecule has 1 nitrogen and oxygen atoms in total. The van der Waals surface area contributed by atoms with Crippen LogP contribution in [0.4, 0.5) is 0 Å². The molecule has 0 bridgehead atoms. The largest absolute Gasteiger partial charge is 0.385 e. The average molecular weight is 191 g/mol. The normalized spacial score (nSPS) is 19.7. The molecule has 0 fully saturated rings. The Morgan fingerprint density at radius 3 is 2.36 bits per heavy atom. The van der Waals surface area contributed by atoms with Gasteiger partial charge in [-0.05, 0) is 25.0 Å². The predicted octanol–water partition coefficient (Wildman–Crippen LogP) is 3.41. The van der Waals surface area contributed by atoms with E-state index < -0.39 is 0 Å². The molecule has 14 heavy (non-hydrogen) atoms. The lowest BCUT2D eigenvalue weighted by Gasteiger charge is -2.12. The molecule has 1 rings (SSSR count). The molecular weight excluding hydrogens is 170 g/mol. The van der Waals surface area contributed by atoms with E-state index in [0.29, 0.717) is 0 Å². The maximum absolute atomic E-state index is 3.40. The smallest absolute Gasteiger partial charge is 0.0369 e. The maximum atomic E-state index is 3.40. The molecule has 0 aromatic rings. The Morgan fingerprint density at radius 1 is 1.14 bits per heavy atom. The second kappa shape index (κ2) is 4.50. The van der Waals surface area contributed by atoms with Crippen LogP contribution in [0.1, 0.15) is 34.1 Å². The zero-order valence-electron chi connectivity index (χ0n) is 9.72. The summed E-state index contributed by atoms with van der Waals surface area (Å²) in [5.74, 6) is 0. The summed E-state index contributed by atoms with van der Waals surface area (Å²) in [6.07, 6.45) is 10.1. The third-order valence-electron chi connectivity index (χ3n) is 2.49. The molecule has 0 unspecified atom stereocenters. The highest BCUT2D eigenvalue weighted by Crippen LogP contribution is 2.25. The number of nitrogens with one attached hydrogen (secondary N) is 1. The minimum atomic E-state index is 0.178. The van der Waals surface area contributed by atoms with Crippen LogP contribution in [0.2, 0.25) is 0 Å². The van der Waals surface area contributed by atoms with Gasteiger partial charge >= 0.3 is 0 Å². The maximum Gasteiger partial charge on any atom is 0.0369 e. The van der Waals surface area contributed by atoms with Crippen LogP contribution in [0.3, 0.4) is 0 Å². The number of rotatable bonds is 3. The average Bonchev–Trinajstić information content (AvgIpc) is 2.27. The molecule has 0 spiro atoms. The summed E-state index contributed by atoms with van der Waals surface area (Å²) in [6, 6.07) is 0. The Kier molecular flexibility index (Phi) is 3.56. The van der Waals surface area contributed by atoms with Crippen LogP contribution in [0.5, 0.6) is 0 Å². The molecule has 0 radical (unpaired) electrons. The van der Waals surface area contributed by atoms with Crippen molar-refractivity contribution in [1.29, 1.82) is 0 Å². The van der Waals surface area contributed by atoms with E-state index in [0.717, 1.165) is 13.0 Å². The van der Waals surface area contributed by atoms with Crippen molar-refractivity contribution < 1.29 is 0 Å². The van der Waals surface area contributed by atoms with Gasteiger partial charge in [-0.25, -0.2) is 0 Å². The van der Waals surface area contributed by atoms with E-state index in [4.69, 9.17) is 0 Å². The molecule has 1 aliphatic rings. The first-order chi connectivity index (χ1) is 6.59. The molecule has 0 saturated heterocycles. The summed E-state index contributed by atoms with van der Waals surface area (Å²) in [4.78, 5) is 0. The quantitative estimate of drug-likeness (QED) is 0.721. The minimum Gasteiger partial charge on any atom is -0.385 e. The van der Waals surface area contributed by atoms with Crippen molar-refractivity contribution >= 4 is 0 Å². The second-order valence-corrected chi connectivity index (χ2v) is 4.31. The third-order valence-corrected chi connectivity index (χ3v) is 2.49. The van der Waals surface area contributed by atoms with Gasteiger partial charge in [-0.1, -0.05) is 39.0 Å². The van der Waals surface area contributed by atoms with E-state index in [1.54, 1.807) is 0 Å². The van der Waals surface area contributed by atoms with Crippen molar-refractivity contribution in [2.45, 2.75) is 34.1 Å². The van der Waals surface area contributed by atoms with Crippen molar-refractivity contribution in [3.8, 4) is 0 Å². The molecule has 0 aromatic heterocycles. The van der Waals surface area contributed by atoms with E-state index in [2.05, 4.69) is 57.3 Å². The van der Waals surface area contributed by atoms with Crippen LogP contribution in [0.15, 0.2) is 35.6 Å². The van der Waals surface area contributed by atoms with Crippen LogP contribution in [0.25, 0.3) is 0 Å². The fourth-order valence-corrected chi connectivity index (χ4v) is 1.54. The van der Waals surface area contributed by atoms with Gasteiger partial charge in [-0.3, -0.25) is 0 Å². The lowest BCUT2D eigenvalue weighted by atomic mass is 9.93. The highest BCUT2D eigenvalue weighted by atomic mass is 14.9. The predicted molar refractivity (Wildman–Crippen MR) is 63.1 cm³/mol. The molecule has 78 valence electrons. The van der Waals surface area contributed by atoms with Crippen LogP contribution in [-0.4, -0.2) is 6.54 Å². The van der Waals surface area contributed by atoms with E-state index in [-0.39, 0.29) is 5.41 Å². The van der Waals surface area contributed by atoms with Gasteiger partial charge in [0.15, 0.2) is 0 Å². The Bertz CT molecular complexity index is 280. The van der Waals surface area contributed by atoms with Crippen LogP contribution >= 0.6 is 0 Å². The van der Waals surface area contributed by atoms with Crippen LogP contribution < -0.4 is 5.32 Å². The molecule has 1 N–H and O–H groups in total. The zero-order chi connectivity index (χ0) is 10.6. The fourth-order valence-electron chi connectivity index (χ4n) is 1.54. The Hall–Kier alpha value is -0.980. The molecule has 1 heteroatoms. The van der Waals surface area contributed by atoms with Gasteiger partial charge in [0.2, 0.25) is 0 Å². The number of hydrogen-bond acceptors (Lipinski definition) is 1. The lowest BCUT2D eigenvalue weighted by molar-refractivity contribution is 0.626. The Balaban J connectivity index is 2.97. The lowest BCUT2D eigenvalue weighted by Crippen LogP contribution is -2.12. The summed E-state index contributed by atoms with van der Waals surface area (Å²) in [7, 11) is 0.